The lowest BCUT2D eigenvalue weighted by Gasteiger charge is -2.42. The van der Waals surface area contributed by atoms with Crippen molar-refractivity contribution >= 4 is 92.5 Å². The number of carbonyl (C=O) groups excluding carboxylic acids is 9. The SMILES string of the molecule is C=C(CBr)C(=O)OC(C)(C)CCCCC(=O)N[C@H](C(=O)N[C@@H](CCCNC(N)=O)C(=O)Nc1ccc(C(=O)N(C)[C@@H](C)C(=O)O[C@H]2CC(=O)N(C)c3cc(cc(OC)c3Cl)C/C(C)=C/C=C/[C@@H](OC)[C@@]3(O)C[C@H](OC(=O)N3)[C@@H](C)[C@@H]3O[C@@]23C)c(F)c1)C(C)C. The molecule has 2 aromatic rings. The van der Waals surface area contributed by atoms with Gasteiger partial charge in [0.25, 0.3) is 5.91 Å². The molecule has 490 valence electrons. The standard InChI is InChI=1S/C62H85BrClFN8O16/c1-33(2)51(70-48(74)21-14-15-24-60(7,8)89-56(79)35(4)32-63)54(77)69-42(19-17-25-67-58(66)81)53(76)68-39-22-23-40(41(65)29-39)55(78)72(10)37(6)57(80)87-47-30-49(75)73(11)43-27-38(28-44(84-12)50(43)64)26-34(3)18-16-20-46(85-13)62(83)31-45(86-59(82)71-62)36(5)52-61(47,9)88-52/h16,18,20,22-23,27-29,33,36-37,42,45-47,51-52,83H,4,14-15,17,19,21,24-26,30-32H2,1-3,5-13H3,(H,68,76)(H,69,77)(H,70,74)(H,71,82)(H3,66,67,81)/b20-16+,34-18+/t36-,37+,42+,45+,46-,47+,51+,52+,61+,62+/m1/s1. The molecular formula is C62H85BrClFN8O16. The zero-order valence-corrected chi connectivity index (χ0v) is 54.8. The minimum absolute atomic E-state index is 0.0320. The molecule has 2 aromatic carbocycles. The van der Waals surface area contributed by atoms with E-state index in [1.54, 1.807) is 65.8 Å². The number of halogens is 3. The normalized spacial score (nSPS) is 23.9. The molecule has 2 saturated heterocycles. The van der Waals surface area contributed by atoms with Crippen LogP contribution >= 0.6 is 27.5 Å². The van der Waals surface area contributed by atoms with Crippen molar-refractivity contribution in [2.24, 2.45) is 17.6 Å². The number of likely N-dealkylation sites (N-methyl/N-ethyl adjacent to an activating group) is 1. The topological polar surface area (TPSA) is 325 Å². The largest absolute Gasteiger partial charge is 0.495 e. The number of ether oxygens (including phenoxy) is 6. The number of amides is 8. The van der Waals surface area contributed by atoms with Crippen LogP contribution in [0.1, 0.15) is 123 Å². The van der Waals surface area contributed by atoms with Gasteiger partial charge in [0.05, 0.1) is 30.9 Å². The molecule has 0 spiro atoms. The molecule has 89 heavy (non-hydrogen) atoms. The first kappa shape index (κ1) is 72.6. The Bertz CT molecular complexity index is 3060. The second-order valence-electron chi connectivity index (χ2n) is 23.9. The van der Waals surface area contributed by atoms with Gasteiger partial charge in [0.1, 0.15) is 64.2 Å². The Hall–Kier alpha value is -7.13. The molecule has 0 unspecified atom stereocenters. The van der Waals surface area contributed by atoms with Crippen LogP contribution in [0.3, 0.4) is 0 Å². The summed E-state index contributed by atoms with van der Waals surface area (Å²) in [6.45, 7) is 17.1. The van der Waals surface area contributed by atoms with Crippen LogP contribution in [0.15, 0.2) is 66.3 Å². The number of urea groups is 1. The van der Waals surface area contributed by atoms with Crippen LogP contribution in [0, 0.1) is 17.7 Å². The van der Waals surface area contributed by atoms with Crippen molar-refractivity contribution in [1.82, 2.24) is 26.2 Å². The molecule has 0 saturated carbocycles. The van der Waals surface area contributed by atoms with Gasteiger partial charge in [0, 0.05) is 63.1 Å². The predicted molar refractivity (Wildman–Crippen MR) is 332 cm³/mol. The number of nitrogens with two attached hydrogens (primary N) is 1. The second-order valence-corrected chi connectivity index (χ2v) is 24.8. The summed E-state index contributed by atoms with van der Waals surface area (Å²) in [6.07, 6.45) is 1.17. The Morgan fingerprint density at radius 1 is 1.06 bits per heavy atom. The quantitative estimate of drug-likeness (QED) is 0.0142. The fraction of sp³-hybridized carbons (Fsp3) is 0.565. The third kappa shape index (κ3) is 19.4. The number of anilines is 2. The van der Waals surface area contributed by atoms with E-state index in [2.05, 4.69) is 49.1 Å². The first-order valence-electron chi connectivity index (χ1n) is 29.3. The summed E-state index contributed by atoms with van der Waals surface area (Å²) >= 11 is 10.0. The summed E-state index contributed by atoms with van der Waals surface area (Å²) in [5.41, 5.74) is 2.53. The number of primary amides is 1. The van der Waals surface area contributed by atoms with Gasteiger partial charge < -0.3 is 70.3 Å². The van der Waals surface area contributed by atoms with Gasteiger partial charge >= 0.3 is 24.1 Å². The van der Waals surface area contributed by atoms with E-state index in [1.807, 2.05) is 13.0 Å². The van der Waals surface area contributed by atoms with Gasteiger partial charge in [-0.25, -0.2) is 23.6 Å². The van der Waals surface area contributed by atoms with Gasteiger partial charge in [-0.05, 0) is 115 Å². The van der Waals surface area contributed by atoms with E-state index in [0.717, 1.165) is 22.6 Å². The fourth-order valence-corrected chi connectivity index (χ4v) is 11.0. The third-order valence-electron chi connectivity index (χ3n) is 16.0. The number of hydrogen-bond acceptors (Lipinski definition) is 16. The number of nitrogens with one attached hydrogen (secondary N) is 5. The Labute approximate surface area is 532 Å². The molecule has 0 aromatic heterocycles. The number of nitrogens with zero attached hydrogens (tertiary/aromatic N) is 2. The van der Waals surface area contributed by atoms with Crippen molar-refractivity contribution in [3.63, 3.8) is 0 Å². The molecule has 10 atom stereocenters. The number of esters is 2. The van der Waals surface area contributed by atoms with Crippen LogP contribution in [-0.4, -0.2) is 163 Å². The molecule has 0 aliphatic carbocycles. The fourth-order valence-electron chi connectivity index (χ4n) is 10.5. The number of alkyl carbamates (subject to hydrolysis) is 1. The minimum Gasteiger partial charge on any atom is -0.495 e. The molecule has 0 radical (unpaired) electrons. The van der Waals surface area contributed by atoms with Crippen LogP contribution in [0.5, 0.6) is 5.75 Å². The summed E-state index contributed by atoms with van der Waals surface area (Å²) in [5, 5.41) is 25.2. The number of unbranched alkanes of at least 4 members (excludes halogenated alkanes) is 1. The Balaban J connectivity index is 1.32. The predicted octanol–water partition coefficient (Wildman–Crippen LogP) is 6.81. The highest BCUT2D eigenvalue weighted by atomic mass is 79.9. The van der Waals surface area contributed by atoms with Gasteiger partial charge in [-0.1, -0.05) is 78.7 Å². The maximum Gasteiger partial charge on any atom is 0.409 e. The number of benzene rings is 2. The number of fused-ring (bicyclic) bond motifs is 5. The van der Waals surface area contributed by atoms with Crippen molar-refractivity contribution in [3.05, 3.63) is 88.3 Å². The highest BCUT2D eigenvalue weighted by Crippen LogP contribution is 2.49. The minimum atomic E-state index is -1.94. The number of epoxide rings is 1. The first-order valence-corrected chi connectivity index (χ1v) is 30.8. The van der Waals surface area contributed by atoms with E-state index >= 15 is 4.39 Å². The number of allylic oxidation sites excluding steroid dienone is 3. The summed E-state index contributed by atoms with van der Waals surface area (Å²) in [5.74, 6) is -6.99. The van der Waals surface area contributed by atoms with Crippen molar-refractivity contribution in [3.8, 4) is 5.75 Å². The summed E-state index contributed by atoms with van der Waals surface area (Å²) in [4.78, 5) is 123. The van der Waals surface area contributed by atoms with E-state index in [0.29, 0.717) is 31.2 Å². The number of aliphatic hydroxyl groups is 1. The third-order valence-corrected chi connectivity index (χ3v) is 17.1. The molecular weight excluding hydrogens is 1250 g/mol. The van der Waals surface area contributed by atoms with Crippen LogP contribution in [-0.2, 0) is 58.9 Å². The number of carbonyl (C=O) groups is 9. The molecule has 4 bridgehead atoms. The summed E-state index contributed by atoms with van der Waals surface area (Å²) in [7, 11) is 5.55. The average molecular weight is 1330 g/mol. The number of alkyl halides is 1. The first-order chi connectivity index (χ1) is 41.7. The van der Waals surface area contributed by atoms with Crippen molar-refractivity contribution < 1.29 is 81.1 Å². The van der Waals surface area contributed by atoms with Gasteiger partial charge in [0.15, 0.2) is 5.72 Å². The monoisotopic (exact) mass is 1330 g/mol. The van der Waals surface area contributed by atoms with Gasteiger partial charge in [-0.3, -0.25) is 29.3 Å². The molecule has 27 heteroatoms. The number of hydrogen-bond donors (Lipinski definition) is 7. The van der Waals surface area contributed by atoms with Crippen molar-refractivity contribution in [2.75, 3.05) is 50.4 Å². The molecule has 5 rings (SSSR count). The van der Waals surface area contributed by atoms with Crippen molar-refractivity contribution in [2.45, 2.75) is 173 Å². The van der Waals surface area contributed by atoms with E-state index in [1.165, 1.54) is 46.2 Å². The summed E-state index contributed by atoms with van der Waals surface area (Å²) < 4.78 is 51.1. The Morgan fingerprint density at radius 2 is 1.75 bits per heavy atom. The lowest BCUT2D eigenvalue weighted by molar-refractivity contribution is -0.158. The highest BCUT2D eigenvalue weighted by molar-refractivity contribution is 9.09. The number of methoxy groups -OCH3 is 2. The lowest BCUT2D eigenvalue weighted by Crippen LogP contribution is -2.63. The Morgan fingerprint density at radius 3 is 2.38 bits per heavy atom. The average Bonchev–Trinajstić information content (AvgIpc) is 1.59. The van der Waals surface area contributed by atoms with Crippen LogP contribution in [0.25, 0.3) is 0 Å². The van der Waals surface area contributed by atoms with Crippen molar-refractivity contribution in [1.29, 1.82) is 0 Å². The maximum absolute atomic E-state index is 16.2. The molecule has 24 nitrogen and oxygen atoms in total. The van der Waals surface area contributed by atoms with E-state index < -0.39 is 143 Å². The highest BCUT2D eigenvalue weighted by Gasteiger charge is 2.64. The van der Waals surface area contributed by atoms with Gasteiger partial charge in [0.2, 0.25) is 23.6 Å². The van der Waals surface area contributed by atoms with E-state index in [9.17, 15) is 48.3 Å². The molecule has 3 heterocycles. The van der Waals surface area contributed by atoms with Crippen LogP contribution in [0.2, 0.25) is 5.02 Å². The maximum atomic E-state index is 16.2. The zero-order valence-electron chi connectivity index (χ0n) is 52.5. The Kier molecular flexibility index (Phi) is 25.7. The van der Waals surface area contributed by atoms with E-state index in [-0.39, 0.29) is 65.3 Å². The smallest absolute Gasteiger partial charge is 0.409 e. The van der Waals surface area contributed by atoms with Crippen LogP contribution < -0.4 is 42.0 Å². The number of rotatable bonds is 24. The lowest BCUT2D eigenvalue weighted by atomic mass is 9.83. The molecule has 2 fully saturated rings. The van der Waals surface area contributed by atoms with Gasteiger partial charge in [-0.2, -0.15) is 0 Å². The molecule has 8 amide bonds. The van der Waals surface area contributed by atoms with E-state index in [4.69, 9.17) is 45.8 Å². The van der Waals surface area contributed by atoms with Gasteiger partial charge in [-0.15, -0.1) is 0 Å². The summed E-state index contributed by atoms with van der Waals surface area (Å²) in [6, 6.07) is 2.03. The second kappa shape index (κ2) is 31.6. The molecule has 3 aliphatic rings. The molecule has 3 aliphatic heterocycles. The molecule has 8 N–H and O–H groups in total. The van der Waals surface area contributed by atoms with Crippen LogP contribution in [0.4, 0.5) is 25.4 Å². The zero-order chi connectivity index (χ0) is 66.5.